The van der Waals surface area contributed by atoms with Crippen LogP contribution in [0.2, 0.25) is 0 Å². The molecule has 194 valence electrons. The Morgan fingerprint density at radius 1 is 0.875 bits per heavy atom. The van der Waals surface area contributed by atoms with Gasteiger partial charge in [-0.15, -0.1) is 0 Å². The topological polar surface area (TPSA) is 95.6 Å². The molecule has 0 aromatic rings. The molecule has 0 aromatic heterocycles. The molecule has 32 heavy (non-hydrogen) atoms. The predicted octanol–water partition coefficient (Wildman–Crippen LogP) is 1.91. The monoisotopic (exact) mass is 484 g/mol. The number of likely N-dealkylation sites (tertiary alicyclic amines) is 1. The van der Waals surface area contributed by atoms with Crippen molar-refractivity contribution in [1.82, 2.24) is 9.62 Å². The summed E-state index contributed by atoms with van der Waals surface area (Å²) in [5, 5.41) is 0. The smallest absolute Gasteiger partial charge is 0.211 e. The van der Waals surface area contributed by atoms with Gasteiger partial charge in [0.05, 0.1) is 71.3 Å². The third-order valence-electron chi connectivity index (χ3n) is 5.45. The fraction of sp³-hybridized carbons (Fsp3) is 1.00. The fourth-order valence-corrected chi connectivity index (χ4v) is 4.09. The molecule has 0 radical (unpaired) electrons. The molecule has 1 heterocycles. The summed E-state index contributed by atoms with van der Waals surface area (Å²) in [6.45, 7) is 13.2. The maximum absolute atomic E-state index is 11.2. The van der Waals surface area contributed by atoms with Gasteiger partial charge in [-0.3, -0.25) is 0 Å². The van der Waals surface area contributed by atoms with Gasteiger partial charge in [0.1, 0.15) is 0 Å². The molecule has 1 unspecified atom stereocenters. The van der Waals surface area contributed by atoms with Crippen molar-refractivity contribution in [2.45, 2.75) is 58.6 Å². The minimum Gasteiger partial charge on any atom is -0.378 e. The van der Waals surface area contributed by atoms with Gasteiger partial charge in [-0.25, -0.2) is 13.1 Å². The molecule has 0 saturated carbocycles. The molecule has 1 aliphatic rings. The van der Waals surface area contributed by atoms with Gasteiger partial charge in [0.2, 0.25) is 10.0 Å². The lowest BCUT2D eigenvalue weighted by Gasteiger charge is -2.35. The lowest BCUT2D eigenvalue weighted by Crippen LogP contribution is -2.42. The van der Waals surface area contributed by atoms with Gasteiger partial charge in [-0.05, 0) is 33.1 Å². The number of rotatable bonds is 21. The lowest BCUT2D eigenvalue weighted by molar-refractivity contribution is -0.0391. The second kappa shape index (κ2) is 19.0. The standard InChI is InChI=1S/C22H46N2O7S.H2/c1-4-6-21(3)24-10-7-22(8-11-24)31-20-19-30-18-17-29-16-15-28-14-13-27-12-9-23-32(25,26)5-2;/h21-23H,4-20H2,1-3H3;1H. The maximum atomic E-state index is 11.2. The summed E-state index contributed by atoms with van der Waals surface area (Å²) in [6.07, 6.45) is 5.10. The van der Waals surface area contributed by atoms with Gasteiger partial charge in [0, 0.05) is 27.1 Å². The van der Waals surface area contributed by atoms with Crippen LogP contribution in [0.25, 0.3) is 0 Å². The first-order valence-electron chi connectivity index (χ1n) is 12.1. The van der Waals surface area contributed by atoms with Crippen LogP contribution in [0.3, 0.4) is 0 Å². The summed E-state index contributed by atoms with van der Waals surface area (Å²) in [5.41, 5.74) is 0. The lowest BCUT2D eigenvalue weighted by atomic mass is 10.0. The van der Waals surface area contributed by atoms with Crippen LogP contribution in [0.4, 0.5) is 0 Å². The van der Waals surface area contributed by atoms with Crippen LogP contribution < -0.4 is 4.72 Å². The molecule has 0 spiro atoms. The Hall–Kier alpha value is -0.330. The van der Waals surface area contributed by atoms with Gasteiger partial charge in [0.25, 0.3) is 0 Å². The maximum Gasteiger partial charge on any atom is 0.211 e. The molecule has 1 rings (SSSR count). The quantitative estimate of drug-likeness (QED) is 0.247. The van der Waals surface area contributed by atoms with Gasteiger partial charge in [-0.1, -0.05) is 13.3 Å². The largest absolute Gasteiger partial charge is 0.378 e. The van der Waals surface area contributed by atoms with E-state index in [1.165, 1.54) is 12.8 Å². The Morgan fingerprint density at radius 3 is 1.88 bits per heavy atom. The van der Waals surface area contributed by atoms with Crippen molar-refractivity contribution < 1.29 is 33.5 Å². The Kier molecular flexibility index (Phi) is 17.7. The Bertz CT molecular complexity index is 535. The molecule has 1 saturated heterocycles. The molecule has 0 amide bonds. The number of piperidine rings is 1. The van der Waals surface area contributed by atoms with Gasteiger partial charge >= 0.3 is 0 Å². The van der Waals surface area contributed by atoms with Crippen molar-refractivity contribution in [1.29, 1.82) is 0 Å². The third kappa shape index (κ3) is 15.5. The minimum absolute atomic E-state index is 0. The normalized spacial score (nSPS) is 17.1. The van der Waals surface area contributed by atoms with Crippen molar-refractivity contribution in [3.05, 3.63) is 0 Å². The molecular formula is C22H48N2O7S. The van der Waals surface area contributed by atoms with Crippen LogP contribution in [-0.4, -0.2) is 110 Å². The van der Waals surface area contributed by atoms with Crippen molar-refractivity contribution in [3.63, 3.8) is 0 Å². The summed E-state index contributed by atoms with van der Waals surface area (Å²) >= 11 is 0. The minimum atomic E-state index is -3.15. The van der Waals surface area contributed by atoms with Crippen LogP contribution in [-0.2, 0) is 33.7 Å². The zero-order valence-corrected chi connectivity index (χ0v) is 21.2. The van der Waals surface area contributed by atoms with Gasteiger partial charge < -0.3 is 28.6 Å². The van der Waals surface area contributed by atoms with Crippen LogP contribution in [0.1, 0.15) is 47.9 Å². The van der Waals surface area contributed by atoms with E-state index in [1.807, 2.05) is 0 Å². The van der Waals surface area contributed by atoms with Crippen LogP contribution in [0.15, 0.2) is 0 Å². The van der Waals surface area contributed by atoms with Crippen LogP contribution in [0.5, 0.6) is 0 Å². The highest BCUT2D eigenvalue weighted by Crippen LogP contribution is 2.17. The first-order chi connectivity index (χ1) is 15.5. The molecule has 10 heteroatoms. The second-order valence-electron chi connectivity index (χ2n) is 7.99. The number of ether oxygens (including phenoxy) is 5. The van der Waals surface area contributed by atoms with Crippen molar-refractivity contribution in [2.75, 3.05) is 84.8 Å². The van der Waals surface area contributed by atoms with E-state index >= 15 is 0 Å². The molecule has 1 N–H and O–H groups in total. The Balaban J connectivity index is 0.0000102. The van der Waals surface area contributed by atoms with E-state index in [1.54, 1.807) is 6.92 Å². The van der Waals surface area contributed by atoms with Crippen molar-refractivity contribution in [3.8, 4) is 0 Å². The molecule has 9 nitrogen and oxygen atoms in total. The summed E-state index contributed by atoms with van der Waals surface area (Å²) < 4.78 is 52.6. The Morgan fingerprint density at radius 2 is 1.38 bits per heavy atom. The average Bonchev–Trinajstić information content (AvgIpc) is 2.79. The number of nitrogens with one attached hydrogen (secondary N) is 1. The van der Waals surface area contributed by atoms with Gasteiger partial charge in [0.15, 0.2) is 0 Å². The summed E-state index contributed by atoms with van der Waals surface area (Å²) in [5.74, 6) is 0.0764. The van der Waals surface area contributed by atoms with Crippen LogP contribution in [0, 0.1) is 0 Å². The van der Waals surface area contributed by atoms with E-state index in [9.17, 15) is 8.42 Å². The SMILES string of the molecule is CCCC(C)N1CCC(OCCOCCOCCOCCOCCNS(=O)(=O)CC)CC1.[HH]. The number of hydrogen-bond donors (Lipinski definition) is 1. The zero-order chi connectivity index (χ0) is 23.5. The Labute approximate surface area is 197 Å². The summed E-state index contributed by atoms with van der Waals surface area (Å²) in [6, 6.07) is 0.684. The van der Waals surface area contributed by atoms with E-state index < -0.39 is 10.0 Å². The first kappa shape index (κ1) is 29.7. The summed E-state index contributed by atoms with van der Waals surface area (Å²) in [7, 11) is -3.15. The van der Waals surface area contributed by atoms with E-state index in [-0.39, 0.29) is 13.7 Å². The van der Waals surface area contributed by atoms with Crippen LogP contribution >= 0.6 is 0 Å². The molecule has 1 atom stereocenters. The van der Waals surface area contributed by atoms with E-state index in [2.05, 4.69) is 23.5 Å². The highest BCUT2D eigenvalue weighted by molar-refractivity contribution is 7.89. The average molecular weight is 485 g/mol. The summed E-state index contributed by atoms with van der Waals surface area (Å²) in [4.78, 5) is 2.58. The molecule has 1 fully saturated rings. The predicted molar refractivity (Wildman–Crippen MR) is 128 cm³/mol. The van der Waals surface area contributed by atoms with E-state index in [0.717, 1.165) is 25.9 Å². The number of sulfonamides is 1. The van der Waals surface area contributed by atoms with Gasteiger partial charge in [-0.2, -0.15) is 0 Å². The molecule has 0 bridgehead atoms. The second-order valence-corrected chi connectivity index (χ2v) is 10.1. The molecule has 1 aliphatic heterocycles. The molecular weight excluding hydrogens is 436 g/mol. The molecule has 0 aliphatic carbocycles. The fourth-order valence-electron chi connectivity index (χ4n) is 3.49. The first-order valence-corrected chi connectivity index (χ1v) is 13.8. The number of nitrogens with zero attached hydrogens (tertiary/aromatic N) is 1. The molecule has 0 aromatic carbocycles. The third-order valence-corrected chi connectivity index (χ3v) is 6.86. The highest BCUT2D eigenvalue weighted by Gasteiger charge is 2.22. The number of hydrogen-bond acceptors (Lipinski definition) is 8. The van der Waals surface area contributed by atoms with Crippen molar-refractivity contribution in [2.24, 2.45) is 0 Å². The zero-order valence-electron chi connectivity index (χ0n) is 20.4. The van der Waals surface area contributed by atoms with E-state index in [0.29, 0.717) is 71.6 Å². The van der Waals surface area contributed by atoms with E-state index in [4.69, 9.17) is 23.7 Å². The highest BCUT2D eigenvalue weighted by atomic mass is 32.2. The van der Waals surface area contributed by atoms with Crippen molar-refractivity contribution >= 4 is 10.0 Å².